The van der Waals surface area contributed by atoms with E-state index in [9.17, 15) is 9.59 Å². The van der Waals surface area contributed by atoms with Crippen molar-refractivity contribution in [3.8, 4) is 0 Å². The van der Waals surface area contributed by atoms with Crippen molar-refractivity contribution >= 4 is 27.8 Å². The third kappa shape index (κ3) is 2.90. The monoisotopic (exact) mass is 348 g/mol. The lowest BCUT2D eigenvalue weighted by atomic mass is 10.1. The molecule has 2 aromatic carbocycles. The second kappa shape index (κ2) is 6.22. The molecule has 4 aromatic rings. The van der Waals surface area contributed by atoms with Crippen molar-refractivity contribution < 1.29 is 4.79 Å². The zero-order valence-corrected chi connectivity index (χ0v) is 14.6. The largest absolute Gasteiger partial charge is 0.361 e. The van der Waals surface area contributed by atoms with Crippen molar-refractivity contribution in [1.29, 1.82) is 0 Å². The Morgan fingerprint density at radius 1 is 1.15 bits per heavy atom. The van der Waals surface area contributed by atoms with Crippen LogP contribution in [-0.2, 0) is 11.2 Å². The quantitative estimate of drug-likeness (QED) is 0.456. The van der Waals surface area contributed by atoms with E-state index >= 15 is 0 Å². The summed E-state index contributed by atoms with van der Waals surface area (Å²) in [6.45, 7) is 3.98. The third-order valence-corrected chi connectivity index (χ3v) is 4.78. The van der Waals surface area contributed by atoms with Crippen molar-refractivity contribution in [2.75, 3.05) is 0 Å². The van der Waals surface area contributed by atoms with E-state index in [0.717, 1.165) is 38.6 Å². The predicted molar refractivity (Wildman–Crippen MR) is 102 cm³/mol. The van der Waals surface area contributed by atoms with Gasteiger partial charge in [-0.05, 0) is 42.7 Å². The standard InChI is InChI=1S/C20H20N4O2/c1-11-4-3-5-15-14(10-21-19(11)15)9-18(25)22-12(2)13-6-7-16-17(8-13)24-20(26)23-16/h3-8,10,12,21H,9H2,1-2H3,(H,22,25)(H2,23,24,26). The summed E-state index contributed by atoms with van der Waals surface area (Å²) in [7, 11) is 0. The van der Waals surface area contributed by atoms with Crippen LogP contribution in [0.2, 0.25) is 0 Å². The number of rotatable bonds is 4. The van der Waals surface area contributed by atoms with Crippen LogP contribution >= 0.6 is 0 Å². The zero-order chi connectivity index (χ0) is 18.3. The number of fused-ring (bicyclic) bond motifs is 2. The summed E-state index contributed by atoms with van der Waals surface area (Å²) in [6.07, 6.45) is 2.22. The number of aromatic nitrogens is 3. The average molecular weight is 348 g/mol. The maximum Gasteiger partial charge on any atom is 0.323 e. The molecule has 0 bridgehead atoms. The lowest BCUT2D eigenvalue weighted by Gasteiger charge is -2.14. The van der Waals surface area contributed by atoms with Crippen molar-refractivity contribution in [2.45, 2.75) is 26.3 Å². The summed E-state index contributed by atoms with van der Waals surface area (Å²) < 4.78 is 0. The van der Waals surface area contributed by atoms with Crippen LogP contribution in [0.3, 0.4) is 0 Å². The first kappa shape index (κ1) is 16.2. The highest BCUT2D eigenvalue weighted by molar-refractivity contribution is 5.90. The van der Waals surface area contributed by atoms with Crippen LogP contribution in [-0.4, -0.2) is 20.9 Å². The molecule has 0 saturated carbocycles. The molecule has 4 N–H and O–H groups in total. The topological polar surface area (TPSA) is 93.5 Å². The Labute approximate surface area is 149 Å². The summed E-state index contributed by atoms with van der Waals surface area (Å²) in [4.78, 5) is 32.6. The normalized spacial score (nSPS) is 12.5. The number of carbonyl (C=O) groups is 1. The first-order valence-electron chi connectivity index (χ1n) is 8.58. The van der Waals surface area contributed by atoms with Gasteiger partial charge in [0.05, 0.1) is 23.5 Å². The molecule has 0 spiro atoms. The van der Waals surface area contributed by atoms with E-state index in [2.05, 4.69) is 20.3 Å². The van der Waals surface area contributed by atoms with Crippen LogP contribution < -0.4 is 11.0 Å². The SMILES string of the molecule is Cc1cccc2c(CC(=O)NC(C)c3ccc4[nH]c(=O)[nH]c4c3)c[nH]c12. The zero-order valence-electron chi connectivity index (χ0n) is 14.6. The number of para-hydroxylation sites is 1. The van der Waals surface area contributed by atoms with Gasteiger partial charge in [-0.2, -0.15) is 0 Å². The molecule has 26 heavy (non-hydrogen) atoms. The number of amides is 1. The highest BCUT2D eigenvalue weighted by Crippen LogP contribution is 2.22. The Kier molecular flexibility index (Phi) is 3.88. The van der Waals surface area contributed by atoms with Gasteiger partial charge in [-0.15, -0.1) is 0 Å². The Hall–Kier alpha value is -3.28. The predicted octanol–water partition coefficient (Wildman–Crippen LogP) is 3.07. The molecule has 132 valence electrons. The van der Waals surface area contributed by atoms with Gasteiger partial charge in [0.25, 0.3) is 0 Å². The Morgan fingerprint density at radius 2 is 1.96 bits per heavy atom. The van der Waals surface area contributed by atoms with Crippen LogP contribution in [0.5, 0.6) is 0 Å². The van der Waals surface area contributed by atoms with Gasteiger partial charge in [0, 0.05) is 17.1 Å². The van der Waals surface area contributed by atoms with E-state index in [1.165, 1.54) is 0 Å². The van der Waals surface area contributed by atoms with E-state index in [4.69, 9.17) is 0 Å². The van der Waals surface area contributed by atoms with Crippen molar-refractivity contribution in [2.24, 2.45) is 0 Å². The number of H-pyrrole nitrogens is 3. The van der Waals surface area contributed by atoms with Gasteiger partial charge >= 0.3 is 5.69 Å². The van der Waals surface area contributed by atoms with E-state index in [-0.39, 0.29) is 17.6 Å². The number of aryl methyl sites for hydroxylation is 1. The van der Waals surface area contributed by atoms with Crippen LogP contribution in [0.25, 0.3) is 21.9 Å². The summed E-state index contributed by atoms with van der Waals surface area (Å²) in [5.41, 5.74) is 5.42. The lowest BCUT2D eigenvalue weighted by molar-refractivity contribution is -0.121. The van der Waals surface area contributed by atoms with Gasteiger partial charge in [-0.3, -0.25) is 4.79 Å². The fraction of sp³-hybridized carbons (Fsp3) is 0.200. The van der Waals surface area contributed by atoms with Gasteiger partial charge in [-0.25, -0.2) is 4.79 Å². The van der Waals surface area contributed by atoms with Crippen LogP contribution in [0.15, 0.2) is 47.4 Å². The fourth-order valence-electron chi connectivity index (χ4n) is 3.38. The van der Waals surface area contributed by atoms with Crippen molar-refractivity contribution in [3.63, 3.8) is 0 Å². The average Bonchev–Trinajstić information content (AvgIpc) is 3.17. The maximum atomic E-state index is 12.5. The number of imidazole rings is 1. The highest BCUT2D eigenvalue weighted by atomic mass is 16.1. The Morgan fingerprint density at radius 3 is 2.81 bits per heavy atom. The summed E-state index contributed by atoms with van der Waals surface area (Å²) >= 11 is 0. The van der Waals surface area contributed by atoms with E-state index < -0.39 is 0 Å². The van der Waals surface area contributed by atoms with Crippen LogP contribution in [0.1, 0.15) is 29.7 Å². The van der Waals surface area contributed by atoms with E-state index in [1.54, 1.807) is 0 Å². The maximum absolute atomic E-state index is 12.5. The molecule has 1 atom stereocenters. The van der Waals surface area contributed by atoms with Crippen LogP contribution in [0.4, 0.5) is 0 Å². The molecule has 2 aromatic heterocycles. The number of aromatic amines is 3. The molecule has 0 aliphatic rings. The third-order valence-electron chi connectivity index (χ3n) is 4.78. The molecule has 6 nitrogen and oxygen atoms in total. The van der Waals surface area contributed by atoms with Gasteiger partial charge < -0.3 is 20.3 Å². The molecule has 0 radical (unpaired) electrons. The molecule has 6 heteroatoms. The van der Waals surface area contributed by atoms with Gasteiger partial charge in [0.2, 0.25) is 5.91 Å². The first-order chi connectivity index (χ1) is 12.5. The number of carbonyl (C=O) groups excluding carboxylic acids is 1. The molecule has 0 fully saturated rings. The van der Waals surface area contributed by atoms with Gasteiger partial charge in [0.15, 0.2) is 0 Å². The molecule has 0 aliphatic heterocycles. The molecule has 0 saturated heterocycles. The summed E-state index contributed by atoms with van der Waals surface area (Å²) in [5, 5.41) is 4.11. The smallest absolute Gasteiger partial charge is 0.323 e. The van der Waals surface area contributed by atoms with Gasteiger partial charge in [-0.1, -0.05) is 24.3 Å². The Balaban J connectivity index is 1.51. The second-order valence-corrected chi connectivity index (χ2v) is 6.66. The molecule has 4 rings (SSSR count). The number of benzene rings is 2. The second-order valence-electron chi connectivity index (χ2n) is 6.66. The molecular weight excluding hydrogens is 328 g/mol. The fourth-order valence-corrected chi connectivity index (χ4v) is 3.38. The summed E-state index contributed by atoms with van der Waals surface area (Å²) in [6, 6.07) is 11.6. The van der Waals surface area contributed by atoms with E-state index in [1.807, 2.05) is 56.4 Å². The van der Waals surface area contributed by atoms with Crippen molar-refractivity contribution in [3.05, 3.63) is 69.8 Å². The van der Waals surface area contributed by atoms with E-state index in [0.29, 0.717) is 6.42 Å². The van der Waals surface area contributed by atoms with Gasteiger partial charge in [0.1, 0.15) is 0 Å². The minimum Gasteiger partial charge on any atom is -0.361 e. The minimum absolute atomic E-state index is 0.0393. The highest BCUT2D eigenvalue weighted by Gasteiger charge is 2.14. The van der Waals surface area contributed by atoms with Crippen LogP contribution in [0, 0.1) is 6.92 Å². The number of nitrogens with one attached hydrogen (secondary N) is 4. The van der Waals surface area contributed by atoms with Crippen molar-refractivity contribution in [1.82, 2.24) is 20.3 Å². The molecule has 1 unspecified atom stereocenters. The minimum atomic E-state index is -0.233. The molecule has 0 aliphatic carbocycles. The molecular formula is C20H20N4O2. The number of hydrogen-bond donors (Lipinski definition) is 4. The molecule has 1 amide bonds. The number of hydrogen-bond acceptors (Lipinski definition) is 2. The lowest BCUT2D eigenvalue weighted by Crippen LogP contribution is -2.28. The first-order valence-corrected chi connectivity index (χ1v) is 8.58. The summed E-state index contributed by atoms with van der Waals surface area (Å²) in [5.74, 6) is -0.0393. The Bertz CT molecular complexity index is 1170. The molecule has 2 heterocycles.